The summed E-state index contributed by atoms with van der Waals surface area (Å²) in [6.45, 7) is 2.20. The van der Waals surface area contributed by atoms with Gasteiger partial charge in [-0.2, -0.15) is 18.4 Å². The van der Waals surface area contributed by atoms with Crippen LogP contribution in [-0.4, -0.2) is 56.0 Å². The third-order valence-corrected chi connectivity index (χ3v) is 8.16. The van der Waals surface area contributed by atoms with Gasteiger partial charge < -0.3 is 10.4 Å². The highest BCUT2D eigenvalue weighted by molar-refractivity contribution is 7.90. The number of nitriles is 1. The first-order chi connectivity index (χ1) is 21.3. The van der Waals surface area contributed by atoms with E-state index in [2.05, 4.69) is 10.6 Å². The predicted octanol–water partition coefficient (Wildman–Crippen LogP) is 6.01. The van der Waals surface area contributed by atoms with Crippen LogP contribution in [0, 0.1) is 11.3 Å². The average Bonchev–Trinajstić information content (AvgIpc) is 2.97. The van der Waals surface area contributed by atoms with Crippen LogP contribution in [0.15, 0.2) is 77.7 Å². The maximum Gasteiger partial charge on any atom is 0.407 e. The zero-order valence-corrected chi connectivity index (χ0v) is 25.8. The molecule has 0 saturated heterocycles. The summed E-state index contributed by atoms with van der Waals surface area (Å²) in [6.07, 6.45) is -9.63. The quantitative estimate of drug-likeness (QED) is 0.192. The molecule has 0 aromatic heterocycles. The Bertz CT molecular complexity index is 1620. The number of benzene rings is 3. The van der Waals surface area contributed by atoms with Gasteiger partial charge in [0.25, 0.3) is 6.43 Å². The van der Waals surface area contributed by atoms with Crippen LogP contribution in [0.1, 0.15) is 49.1 Å². The standard InChI is InChI=1S/C32H33F6N3O4S/c1-31(2,35)17-26(30(43)40-24(18-39)16-19-4-14-25(15-5-19)46(3,44)45)41-28(32(36,37)38)23-12-8-21(9-13-23)20-6-10-22(11-7-20)27(42)29(33)34/h4-15,24,26-29,41-42H,16-17H2,1-3H3,(H,40,43)/t24-,26-,27+,28-/m0/s1. The van der Waals surface area contributed by atoms with E-state index in [9.17, 15) is 49.9 Å². The highest BCUT2D eigenvalue weighted by atomic mass is 32.2. The number of carbonyl (C=O) groups excluding carboxylic acids is 1. The van der Waals surface area contributed by atoms with Crippen molar-refractivity contribution < 1.29 is 44.7 Å². The number of hydrogen-bond acceptors (Lipinski definition) is 6. The van der Waals surface area contributed by atoms with Gasteiger partial charge in [0.2, 0.25) is 5.91 Å². The molecule has 0 aliphatic rings. The van der Waals surface area contributed by atoms with E-state index in [1.54, 1.807) is 0 Å². The Labute approximate surface area is 263 Å². The minimum absolute atomic E-state index is 0.0275. The summed E-state index contributed by atoms with van der Waals surface area (Å²) in [7, 11) is -3.47. The number of hydrogen-bond donors (Lipinski definition) is 3. The van der Waals surface area contributed by atoms with Gasteiger partial charge in [-0.3, -0.25) is 10.1 Å². The number of alkyl halides is 6. The Morgan fingerprint density at radius 1 is 0.891 bits per heavy atom. The Kier molecular flexibility index (Phi) is 11.6. The molecule has 0 aliphatic carbocycles. The second-order valence-corrected chi connectivity index (χ2v) is 13.5. The Morgan fingerprint density at radius 2 is 1.39 bits per heavy atom. The Hall–Kier alpha value is -3.93. The largest absolute Gasteiger partial charge is 0.407 e. The van der Waals surface area contributed by atoms with Crippen LogP contribution >= 0.6 is 0 Å². The summed E-state index contributed by atoms with van der Waals surface area (Å²) >= 11 is 0. The number of rotatable bonds is 13. The SMILES string of the molecule is CC(C)(F)C[C@H](N[C@@H](c1ccc(-c2ccc([C@@H](O)C(F)F)cc2)cc1)C(F)(F)F)C(=O)N[C@H](C#N)Cc1ccc(S(C)(=O)=O)cc1. The van der Waals surface area contributed by atoms with E-state index in [0.717, 1.165) is 32.2 Å². The van der Waals surface area contributed by atoms with E-state index in [-0.39, 0.29) is 22.4 Å². The Balaban J connectivity index is 1.82. The smallest absolute Gasteiger partial charge is 0.382 e. The van der Waals surface area contributed by atoms with Gasteiger partial charge in [-0.1, -0.05) is 60.7 Å². The van der Waals surface area contributed by atoms with E-state index in [1.807, 2.05) is 6.07 Å². The van der Waals surface area contributed by atoms with Crippen LogP contribution in [0.3, 0.4) is 0 Å². The van der Waals surface area contributed by atoms with Gasteiger partial charge in [0, 0.05) is 19.1 Å². The van der Waals surface area contributed by atoms with Crippen molar-refractivity contribution in [2.24, 2.45) is 0 Å². The average molecular weight is 670 g/mol. The molecule has 1 amide bonds. The van der Waals surface area contributed by atoms with Crippen LogP contribution in [0.2, 0.25) is 0 Å². The van der Waals surface area contributed by atoms with Crippen molar-refractivity contribution in [3.05, 3.63) is 89.5 Å². The van der Waals surface area contributed by atoms with Gasteiger partial charge in [0.15, 0.2) is 9.84 Å². The minimum Gasteiger partial charge on any atom is -0.382 e. The highest BCUT2D eigenvalue weighted by Gasteiger charge is 2.44. The third kappa shape index (κ3) is 10.3. The normalized spacial score (nSPS) is 15.1. The lowest BCUT2D eigenvalue weighted by Crippen LogP contribution is -2.53. The summed E-state index contributed by atoms with van der Waals surface area (Å²) in [5, 5.41) is 23.7. The molecule has 0 unspecified atom stereocenters. The van der Waals surface area contributed by atoms with Gasteiger partial charge in [-0.05, 0) is 53.8 Å². The second-order valence-electron chi connectivity index (χ2n) is 11.5. The molecular formula is C32H33F6N3O4S. The van der Waals surface area contributed by atoms with Crippen LogP contribution in [0.4, 0.5) is 26.3 Å². The maximum absolute atomic E-state index is 14.7. The fourth-order valence-corrected chi connectivity index (χ4v) is 5.32. The number of nitrogens with zero attached hydrogens (tertiary/aromatic N) is 1. The summed E-state index contributed by atoms with van der Waals surface area (Å²) in [6, 6.07) is 12.5. The molecule has 46 heavy (non-hydrogen) atoms. The van der Waals surface area contributed by atoms with Crippen molar-refractivity contribution in [3.8, 4) is 17.2 Å². The molecule has 4 atom stereocenters. The second kappa shape index (κ2) is 14.7. The number of aliphatic hydroxyl groups excluding tert-OH is 1. The van der Waals surface area contributed by atoms with Crippen molar-refractivity contribution in [1.82, 2.24) is 10.6 Å². The van der Waals surface area contributed by atoms with E-state index in [1.165, 1.54) is 60.7 Å². The fraction of sp³-hybridized carbons (Fsp3) is 0.375. The van der Waals surface area contributed by atoms with Crippen molar-refractivity contribution in [1.29, 1.82) is 5.26 Å². The molecule has 14 heteroatoms. The molecule has 0 heterocycles. The fourth-order valence-electron chi connectivity index (χ4n) is 4.69. The molecule has 3 aromatic carbocycles. The predicted molar refractivity (Wildman–Crippen MR) is 159 cm³/mol. The van der Waals surface area contributed by atoms with Crippen LogP contribution < -0.4 is 10.6 Å². The van der Waals surface area contributed by atoms with Crippen molar-refractivity contribution >= 4 is 15.7 Å². The molecular weight excluding hydrogens is 636 g/mol. The molecule has 3 N–H and O–H groups in total. The van der Waals surface area contributed by atoms with Gasteiger partial charge >= 0.3 is 6.18 Å². The molecule has 0 aliphatic heterocycles. The number of sulfone groups is 1. The third-order valence-electron chi connectivity index (χ3n) is 7.03. The van der Waals surface area contributed by atoms with Crippen LogP contribution in [0.5, 0.6) is 0 Å². The number of carbonyl (C=O) groups is 1. The topological polar surface area (TPSA) is 119 Å². The molecule has 0 saturated carbocycles. The van der Waals surface area contributed by atoms with E-state index >= 15 is 0 Å². The number of amides is 1. The summed E-state index contributed by atoms with van der Waals surface area (Å²) in [5.74, 6) is -1.04. The van der Waals surface area contributed by atoms with Gasteiger partial charge in [0.05, 0.1) is 17.0 Å². The van der Waals surface area contributed by atoms with Gasteiger partial charge in [-0.15, -0.1) is 0 Å². The Morgan fingerprint density at radius 3 is 1.80 bits per heavy atom. The van der Waals surface area contributed by atoms with E-state index < -0.39 is 64.7 Å². The zero-order chi connectivity index (χ0) is 34.4. The lowest BCUT2D eigenvalue weighted by atomic mass is 9.95. The summed E-state index contributed by atoms with van der Waals surface area (Å²) in [4.78, 5) is 13.3. The summed E-state index contributed by atoms with van der Waals surface area (Å²) in [5.41, 5.74) is -0.995. The van der Waals surface area contributed by atoms with Crippen LogP contribution in [0.25, 0.3) is 11.1 Å². The molecule has 0 spiro atoms. The number of aliphatic hydroxyl groups is 1. The van der Waals surface area contributed by atoms with Crippen LogP contribution in [-0.2, 0) is 21.1 Å². The molecule has 7 nitrogen and oxygen atoms in total. The van der Waals surface area contributed by atoms with Gasteiger partial charge in [-0.25, -0.2) is 21.6 Å². The molecule has 0 bridgehead atoms. The lowest BCUT2D eigenvalue weighted by Gasteiger charge is -2.30. The number of halogens is 6. The molecule has 3 aromatic rings. The first kappa shape index (κ1) is 36.5. The lowest BCUT2D eigenvalue weighted by molar-refractivity contribution is -0.161. The minimum atomic E-state index is -4.93. The molecule has 0 fully saturated rings. The highest BCUT2D eigenvalue weighted by Crippen LogP contribution is 2.35. The molecule has 248 valence electrons. The van der Waals surface area contributed by atoms with Crippen molar-refractivity contribution in [3.63, 3.8) is 0 Å². The van der Waals surface area contributed by atoms with Crippen molar-refractivity contribution in [2.75, 3.05) is 6.26 Å². The maximum atomic E-state index is 14.7. The van der Waals surface area contributed by atoms with Gasteiger partial charge in [0.1, 0.15) is 23.9 Å². The molecule has 0 radical (unpaired) electrons. The van der Waals surface area contributed by atoms with E-state index in [0.29, 0.717) is 16.7 Å². The number of nitrogens with one attached hydrogen (secondary N) is 2. The first-order valence-electron chi connectivity index (χ1n) is 14.0. The summed E-state index contributed by atoms with van der Waals surface area (Å²) < 4.78 is 107. The zero-order valence-electron chi connectivity index (χ0n) is 25.0. The van der Waals surface area contributed by atoms with E-state index in [4.69, 9.17) is 0 Å². The molecule has 3 rings (SSSR count). The first-order valence-corrected chi connectivity index (χ1v) is 15.8. The van der Waals surface area contributed by atoms with Crippen molar-refractivity contribution in [2.45, 2.75) is 74.1 Å². The monoisotopic (exact) mass is 669 g/mol.